The summed E-state index contributed by atoms with van der Waals surface area (Å²) in [5, 5.41) is 16.6. The van der Waals surface area contributed by atoms with Crippen LogP contribution in [-0.2, 0) is 23.7 Å². The summed E-state index contributed by atoms with van der Waals surface area (Å²) in [6.45, 7) is 1.72. The number of halogens is 1. The van der Waals surface area contributed by atoms with E-state index in [1.807, 2.05) is 0 Å². The normalized spacial score (nSPS) is 11.6. The lowest BCUT2D eigenvalue weighted by Crippen LogP contribution is -2.15. The number of nitrogens with two attached hydrogens (primary N) is 1. The summed E-state index contributed by atoms with van der Waals surface area (Å²) in [4.78, 5) is 1.20. The first-order valence-corrected chi connectivity index (χ1v) is 7.80. The van der Waals surface area contributed by atoms with Crippen LogP contribution in [0.1, 0.15) is 11.4 Å². The van der Waals surface area contributed by atoms with Crippen molar-refractivity contribution in [3.8, 4) is 5.75 Å². The zero-order chi connectivity index (χ0) is 14.9. The Balaban J connectivity index is 2.35. The number of sulfonamides is 1. The number of benzene rings is 1. The fraction of sp³-hybridized carbons (Fsp3) is 0.300. The standard InChI is InChI=1S/C10H12BrN5O3S/c1-6-3-7(11)4-8(20(12,17)18)10(6)19-5-9-13-15-16(2)14-9/h3-4H,5H2,1-2H3,(H2,12,17,18). The first-order chi connectivity index (χ1) is 9.27. The van der Waals surface area contributed by atoms with E-state index in [1.54, 1.807) is 20.0 Å². The van der Waals surface area contributed by atoms with E-state index < -0.39 is 10.0 Å². The Hall–Kier alpha value is -1.52. The van der Waals surface area contributed by atoms with E-state index in [-0.39, 0.29) is 17.3 Å². The van der Waals surface area contributed by atoms with E-state index in [1.165, 1.54) is 10.9 Å². The highest BCUT2D eigenvalue weighted by molar-refractivity contribution is 9.10. The molecule has 1 aromatic heterocycles. The van der Waals surface area contributed by atoms with Gasteiger partial charge in [-0.05, 0) is 29.8 Å². The van der Waals surface area contributed by atoms with Gasteiger partial charge in [0.05, 0.1) is 7.05 Å². The number of primary sulfonamides is 1. The first kappa shape index (κ1) is 14.9. The number of hydrogen-bond acceptors (Lipinski definition) is 6. The van der Waals surface area contributed by atoms with Crippen molar-refractivity contribution in [3.63, 3.8) is 0 Å². The summed E-state index contributed by atoms with van der Waals surface area (Å²) in [6.07, 6.45) is 0. The van der Waals surface area contributed by atoms with Gasteiger partial charge in [0, 0.05) is 4.47 Å². The molecule has 20 heavy (non-hydrogen) atoms. The van der Waals surface area contributed by atoms with Crippen LogP contribution < -0.4 is 9.88 Å². The molecule has 2 rings (SSSR count). The van der Waals surface area contributed by atoms with Crippen LogP contribution in [0, 0.1) is 6.92 Å². The minimum absolute atomic E-state index is 0.00116. The Labute approximate surface area is 124 Å². The number of aryl methyl sites for hydroxylation is 2. The Morgan fingerprint density at radius 2 is 2.15 bits per heavy atom. The van der Waals surface area contributed by atoms with Gasteiger partial charge in [-0.1, -0.05) is 15.9 Å². The van der Waals surface area contributed by atoms with Gasteiger partial charge < -0.3 is 4.74 Å². The maximum Gasteiger partial charge on any atom is 0.241 e. The van der Waals surface area contributed by atoms with Crippen LogP contribution in [0.15, 0.2) is 21.5 Å². The first-order valence-electron chi connectivity index (χ1n) is 5.46. The van der Waals surface area contributed by atoms with Crippen LogP contribution in [0.5, 0.6) is 5.75 Å². The molecular formula is C10H12BrN5O3S. The van der Waals surface area contributed by atoms with Crippen molar-refractivity contribution in [2.45, 2.75) is 18.4 Å². The van der Waals surface area contributed by atoms with Crippen molar-refractivity contribution in [1.82, 2.24) is 20.2 Å². The minimum atomic E-state index is -3.89. The SMILES string of the molecule is Cc1cc(Br)cc(S(N)(=O)=O)c1OCc1nnn(C)n1. The third-order valence-corrected chi connectivity index (χ3v) is 3.78. The van der Waals surface area contributed by atoms with Crippen LogP contribution >= 0.6 is 15.9 Å². The van der Waals surface area contributed by atoms with E-state index in [4.69, 9.17) is 9.88 Å². The van der Waals surface area contributed by atoms with Gasteiger partial charge in [-0.15, -0.1) is 10.2 Å². The number of aromatic nitrogens is 4. The van der Waals surface area contributed by atoms with E-state index in [0.29, 0.717) is 15.9 Å². The average molecular weight is 362 g/mol. The van der Waals surface area contributed by atoms with Crippen molar-refractivity contribution < 1.29 is 13.2 Å². The quantitative estimate of drug-likeness (QED) is 0.848. The van der Waals surface area contributed by atoms with Gasteiger partial charge in [0.2, 0.25) is 15.8 Å². The van der Waals surface area contributed by atoms with E-state index in [2.05, 4.69) is 31.3 Å². The number of hydrogen-bond donors (Lipinski definition) is 1. The highest BCUT2D eigenvalue weighted by atomic mass is 79.9. The molecule has 0 aliphatic carbocycles. The van der Waals surface area contributed by atoms with Crippen molar-refractivity contribution in [2.75, 3.05) is 0 Å². The van der Waals surface area contributed by atoms with E-state index in [0.717, 1.165) is 0 Å². The highest BCUT2D eigenvalue weighted by Gasteiger charge is 2.19. The molecule has 10 heteroatoms. The van der Waals surface area contributed by atoms with Crippen LogP contribution in [0.2, 0.25) is 0 Å². The molecule has 0 saturated carbocycles. The predicted octanol–water partition coefficient (Wildman–Crippen LogP) is 0.507. The van der Waals surface area contributed by atoms with Gasteiger partial charge in [0.15, 0.2) is 6.61 Å². The van der Waals surface area contributed by atoms with Gasteiger partial charge in [0.25, 0.3) is 0 Å². The van der Waals surface area contributed by atoms with Crippen molar-refractivity contribution in [1.29, 1.82) is 0 Å². The fourth-order valence-electron chi connectivity index (χ4n) is 1.61. The summed E-state index contributed by atoms with van der Waals surface area (Å²) in [7, 11) is -2.27. The molecule has 0 unspecified atom stereocenters. The van der Waals surface area contributed by atoms with Crippen molar-refractivity contribution in [3.05, 3.63) is 28.0 Å². The summed E-state index contributed by atoms with van der Waals surface area (Å²) in [5.74, 6) is 0.526. The Bertz CT molecular complexity index is 743. The van der Waals surface area contributed by atoms with Crippen LogP contribution in [0.25, 0.3) is 0 Å². The summed E-state index contributed by atoms with van der Waals surface area (Å²) >= 11 is 3.23. The molecule has 0 atom stereocenters. The molecule has 0 radical (unpaired) electrons. The van der Waals surface area contributed by atoms with Crippen LogP contribution in [-0.4, -0.2) is 28.6 Å². The van der Waals surface area contributed by atoms with Gasteiger partial charge >= 0.3 is 0 Å². The van der Waals surface area contributed by atoms with Gasteiger partial charge in [0.1, 0.15) is 10.6 Å². The summed E-state index contributed by atoms with van der Waals surface area (Å²) in [6, 6.07) is 3.12. The van der Waals surface area contributed by atoms with Gasteiger partial charge in [-0.2, -0.15) is 4.80 Å². The molecule has 0 spiro atoms. The van der Waals surface area contributed by atoms with Crippen molar-refractivity contribution in [2.24, 2.45) is 12.2 Å². The Morgan fingerprint density at radius 1 is 1.45 bits per heavy atom. The lowest BCUT2D eigenvalue weighted by molar-refractivity contribution is 0.285. The number of ether oxygens (including phenoxy) is 1. The predicted molar refractivity (Wildman–Crippen MR) is 73.4 cm³/mol. The molecule has 0 aliphatic heterocycles. The van der Waals surface area contributed by atoms with E-state index >= 15 is 0 Å². The molecule has 0 saturated heterocycles. The second-order valence-electron chi connectivity index (χ2n) is 4.08. The number of rotatable bonds is 4. The molecule has 0 fully saturated rings. The molecule has 0 amide bonds. The maximum absolute atomic E-state index is 11.6. The molecule has 1 heterocycles. The van der Waals surface area contributed by atoms with E-state index in [9.17, 15) is 8.42 Å². The molecular weight excluding hydrogens is 350 g/mol. The lowest BCUT2D eigenvalue weighted by atomic mass is 10.2. The number of nitrogens with zero attached hydrogens (tertiary/aromatic N) is 4. The zero-order valence-corrected chi connectivity index (χ0v) is 13.1. The third-order valence-electron chi connectivity index (χ3n) is 2.41. The minimum Gasteiger partial charge on any atom is -0.484 e. The molecule has 0 aliphatic rings. The monoisotopic (exact) mass is 361 g/mol. The lowest BCUT2D eigenvalue weighted by Gasteiger charge is -2.12. The maximum atomic E-state index is 11.6. The largest absolute Gasteiger partial charge is 0.484 e. The second kappa shape index (κ2) is 5.46. The molecule has 8 nitrogen and oxygen atoms in total. The molecule has 2 aromatic rings. The topological polar surface area (TPSA) is 113 Å². The highest BCUT2D eigenvalue weighted by Crippen LogP contribution is 2.31. The molecule has 2 N–H and O–H groups in total. The van der Waals surface area contributed by atoms with Crippen LogP contribution in [0.3, 0.4) is 0 Å². The number of tetrazole rings is 1. The summed E-state index contributed by atoms with van der Waals surface area (Å²) < 4.78 is 29.3. The average Bonchev–Trinajstić information content (AvgIpc) is 2.72. The third kappa shape index (κ3) is 3.32. The molecule has 108 valence electrons. The Morgan fingerprint density at radius 3 is 2.70 bits per heavy atom. The molecule has 0 bridgehead atoms. The van der Waals surface area contributed by atoms with Gasteiger partial charge in [-0.3, -0.25) is 0 Å². The van der Waals surface area contributed by atoms with Crippen LogP contribution in [0.4, 0.5) is 0 Å². The summed E-state index contributed by atoms with van der Waals surface area (Å²) in [5.41, 5.74) is 0.632. The zero-order valence-electron chi connectivity index (χ0n) is 10.7. The fourth-order valence-corrected chi connectivity index (χ4v) is 3.11. The van der Waals surface area contributed by atoms with Crippen molar-refractivity contribution >= 4 is 26.0 Å². The van der Waals surface area contributed by atoms with Gasteiger partial charge in [-0.25, -0.2) is 13.6 Å². The smallest absolute Gasteiger partial charge is 0.241 e. The Kier molecular flexibility index (Phi) is 4.06. The second-order valence-corrected chi connectivity index (χ2v) is 6.52. The molecule has 1 aromatic carbocycles.